The summed E-state index contributed by atoms with van der Waals surface area (Å²) in [7, 11) is 0. The molecule has 0 saturated heterocycles. The summed E-state index contributed by atoms with van der Waals surface area (Å²) in [5.41, 5.74) is 0.200. The van der Waals surface area contributed by atoms with Gasteiger partial charge in [0.25, 0.3) is 0 Å². The predicted molar refractivity (Wildman–Crippen MR) is 77.1 cm³/mol. The van der Waals surface area contributed by atoms with Crippen LogP contribution in [0, 0.1) is 18.6 Å². The molecule has 0 spiro atoms. The van der Waals surface area contributed by atoms with Gasteiger partial charge in [-0.05, 0) is 25.5 Å². The number of aryl methyl sites for hydroxylation is 2. The van der Waals surface area contributed by atoms with Gasteiger partial charge >= 0.3 is 0 Å². The van der Waals surface area contributed by atoms with E-state index < -0.39 is 11.6 Å². The number of nitrogens with zero attached hydrogens (tertiary/aromatic N) is 6. The van der Waals surface area contributed by atoms with E-state index in [0.717, 1.165) is 24.7 Å². The number of benzene rings is 1. The van der Waals surface area contributed by atoms with Gasteiger partial charge in [0.1, 0.15) is 35.3 Å². The molecule has 4 rings (SSSR count). The molecule has 0 saturated carbocycles. The third kappa shape index (κ3) is 2.39. The molecule has 3 heterocycles. The minimum Gasteiger partial charge on any atom is -0.249 e. The van der Waals surface area contributed by atoms with Gasteiger partial charge in [-0.2, -0.15) is 10.2 Å². The van der Waals surface area contributed by atoms with Gasteiger partial charge in [0.15, 0.2) is 5.82 Å². The Kier molecular flexibility index (Phi) is 3.17. The van der Waals surface area contributed by atoms with Crippen LogP contribution in [0.1, 0.15) is 29.8 Å². The highest BCUT2D eigenvalue weighted by Crippen LogP contribution is 2.28. The molecule has 0 N–H and O–H groups in total. The Labute approximate surface area is 130 Å². The molecule has 23 heavy (non-hydrogen) atoms. The van der Waals surface area contributed by atoms with Crippen molar-refractivity contribution in [1.82, 2.24) is 29.5 Å². The molecule has 0 amide bonds. The number of hydrogen-bond donors (Lipinski definition) is 0. The molecule has 1 unspecified atom stereocenters. The number of aromatic nitrogens is 6. The number of hydrogen-bond acceptors (Lipinski definition) is 4. The monoisotopic (exact) mass is 316 g/mol. The second-order valence-electron chi connectivity index (χ2n) is 5.62. The molecule has 1 aromatic carbocycles. The standard InChI is InChI=1S/C15H14F2N6/c1-9-20-15(10-2-5-14-18-8-19-22(14)7-10)23(21-9)13-4-3-11(16)6-12(13)17/h3-4,6,8,10H,2,5,7H2,1H3. The predicted octanol–water partition coefficient (Wildman–Crippen LogP) is 2.18. The van der Waals surface area contributed by atoms with E-state index in [1.807, 2.05) is 4.68 Å². The fraction of sp³-hybridized carbons (Fsp3) is 0.333. The highest BCUT2D eigenvalue weighted by Gasteiger charge is 2.27. The first-order valence-electron chi connectivity index (χ1n) is 7.37. The van der Waals surface area contributed by atoms with Crippen LogP contribution in [0.4, 0.5) is 8.78 Å². The molecule has 1 atom stereocenters. The lowest BCUT2D eigenvalue weighted by Gasteiger charge is -2.22. The van der Waals surface area contributed by atoms with Crippen LogP contribution < -0.4 is 0 Å². The van der Waals surface area contributed by atoms with E-state index in [9.17, 15) is 8.78 Å². The van der Waals surface area contributed by atoms with E-state index >= 15 is 0 Å². The second-order valence-corrected chi connectivity index (χ2v) is 5.62. The maximum atomic E-state index is 14.1. The first-order chi connectivity index (χ1) is 11.1. The maximum absolute atomic E-state index is 14.1. The van der Waals surface area contributed by atoms with Crippen LogP contribution in [-0.4, -0.2) is 29.5 Å². The Morgan fingerprint density at radius 1 is 1.26 bits per heavy atom. The molecule has 118 valence electrons. The van der Waals surface area contributed by atoms with Crippen molar-refractivity contribution in [2.45, 2.75) is 32.2 Å². The van der Waals surface area contributed by atoms with Gasteiger partial charge in [-0.25, -0.2) is 28.1 Å². The minimum absolute atomic E-state index is 0.0508. The molecule has 0 fully saturated rings. The summed E-state index contributed by atoms with van der Waals surface area (Å²) in [5.74, 6) is 0.928. The Morgan fingerprint density at radius 2 is 2.13 bits per heavy atom. The molecule has 2 aromatic heterocycles. The molecule has 1 aliphatic rings. The quantitative estimate of drug-likeness (QED) is 0.727. The van der Waals surface area contributed by atoms with Crippen molar-refractivity contribution in [3.05, 3.63) is 53.6 Å². The van der Waals surface area contributed by atoms with Gasteiger partial charge in [-0.15, -0.1) is 0 Å². The highest BCUT2D eigenvalue weighted by molar-refractivity contribution is 5.34. The molecule has 0 radical (unpaired) electrons. The smallest absolute Gasteiger partial charge is 0.151 e. The molecule has 3 aromatic rings. The van der Waals surface area contributed by atoms with Crippen molar-refractivity contribution in [2.75, 3.05) is 0 Å². The van der Waals surface area contributed by atoms with Crippen LogP contribution in [0.5, 0.6) is 0 Å². The third-order valence-corrected chi connectivity index (χ3v) is 4.05. The first-order valence-corrected chi connectivity index (χ1v) is 7.37. The zero-order valence-electron chi connectivity index (χ0n) is 12.4. The summed E-state index contributed by atoms with van der Waals surface area (Å²) in [6, 6.07) is 3.45. The van der Waals surface area contributed by atoms with Gasteiger partial charge in [-0.3, -0.25) is 0 Å². The summed E-state index contributed by atoms with van der Waals surface area (Å²) >= 11 is 0. The number of fused-ring (bicyclic) bond motifs is 1. The zero-order chi connectivity index (χ0) is 16.0. The summed E-state index contributed by atoms with van der Waals surface area (Å²) in [5, 5.41) is 8.48. The van der Waals surface area contributed by atoms with Crippen molar-refractivity contribution in [3.63, 3.8) is 0 Å². The number of halogens is 2. The Balaban J connectivity index is 1.76. The van der Waals surface area contributed by atoms with E-state index in [4.69, 9.17) is 0 Å². The van der Waals surface area contributed by atoms with Crippen LogP contribution in [0.3, 0.4) is 0 Å². The van der Waals surface area contributed by atoms with Gasteiger partial charge in [-0.1, -0.05) is 0 Å². The van der Waals surface area contributed by atoms with Gasteiger partial charge in [0, 0.05) is 18.4 Å². The van der Waals surface area contributed by atoms with E-state index in [1.165, 1.54) is 23.1 Å². The van der Waals surface area contributed by atoms with Gasteiger partial charge in [0.05, 0.1) is 6.54 Å². The third-order valence-electron chi connectivity index (χ3n) is 4.05. The Morgan fingerprint density at radius 3 is 2.96 bits per heavy atom. The normalized spacial score (nSPS) is 17.3. The van der Waals surface area contributed by atoms with Crippen LogP contribution in [0.15, 0.2) is 24.5 Å². The van der Waals surface area contributed by atoms with Crippen molar-refractivity contribution in [1.29, 1.82) is 0 Å². The molecular formula is C15H14F2N6. The molecular weight excluding hydrogens is 302 g/mol. The van der Waals surface area contributed by atoms with Crippen LogP contribution >= 0.6 is 0 Å². The number of rotatable bonds is 2. The van der Waals surface area contributed by atoms with E-state index in [2.05, 4.69) is 20.2 Å². The fourth-order valence-corrected chi connectivity index (χ4v) is 2.97. The van der Waals surface area contributed by atoms with Gasteiger partial charge < -0.3 is 0 Å². The second kappa shape index (κ2) is 5.22. The van der Waals surface area contributed by atoms with E-state index in [-0.39, 0.29) is 11.6 Å². The SMILES string of the molecule is Cc1nc(C2CCc3ncnn3C2)n(-c2ccc(F)cc2F)n1. The van der Waals surface area contributed by atoms with Crippen LogP contribution in [-0.2, 0) is 13.0 Å². The highest BCUT2D eigenvalue weighted by atomic mass is 19.1. The minimum atomic E-state index is -0.659. The van der Waals surface area contributed by atoms with Crippen molar-refractivity contribution >= 4 is 0 Å². The van der Waals surface area contributed by atoms with E-state index in [0.29, 0.717) is 18.2 Å². The summed E-state index contributed by atoms with van der Waals surface area (Å²) in [4.78, 5) is 8.66. The lowest BCUT2D eigenvalue weighted by molar-refractivity contribution is 0.403. The fourth-order valence-electron chi connectivity index (χ4n) is 2.97. The van der Waals surface area contributed by atoms with E-state index in [1.54, 1.807) is 6.92 Å². The van der Waals surface area contributed by atoms with Crippen molar-refractivity contribution < 1.29 is 8.78 Å². The average molecular weight is 316 g/mol. The molecule has 8 heteroatoms. The Bertz CT molecular complexity index is 869. The Hall–Kier alpha value is -2.64. The topological polar surface area (TPSA) is 61.4 Å². The molecule has 1 aliphatic heterocycles. The average Bonchev–Trinajstić information content (AvgIpc) is 3.12. The molecule has 6 nitrogen and oxygen atoms in total. The summed E-state index contributed by atoms with van der Waals surface area (Å²) in [6.07, 6.45) is 3.15. The molecule has 0 aliphatic carbocycles. The summed E-state index contributed by atoms with van der Waals surface area (Å²) < 4.78 is 30.6. The lowest BCUT2D eigenvalue weighted by atomic mass is 9.99. The lowest BCUT2D eigenvalue weighted by Crippen LogP contribution is -2.23. The zero-order valence-corrected chi connectivity index (χ0v) is 12.4. The summed E-state index contributed by atoms with van der Waals surface area (Å²) in [6.45, 7) is 2.38. The van der Waals surface area contributed by atoms with Crippen LogP contribution in [0.25, 0.3) is 5.69 Å². The molecule has 0 bridgehead atoms. The maximum Gasteiger partial charge on any atom is 0.151 e. The van der Waals surface area contributed by atoms with Crippen LogP contribution in [0.2, 0.25) is 0 Å². The largest absolute Gasteiger partial charge is 0.249 e. The first kappa shape index (κ1) is 14.0. The van der Waals surface area contributed by atoms with Gasteiger partial charge in [0.2, 0.25) is 0 Å². The van der Waals surface area contributed by atoms with Crippen molar-refractivity contribution in [2.24, 2.45) is 0 Å². The van der Waals surface area contributed by atoms with Crippen molar-refractivity contribution in [3.8, 4) is 5.69 Å².